The second-order valence-electron chi connectivity index (χ2n) is 10.8. The Morgan fingerprint density at radius 3 is 2.46 bits per heavy atom. The molecule has 3 aromatic rings. The molecular weight excluding hydrogens is 525 g/mol. The van der Waals surface area contributed by atoms with Gasteiger partial charge in [0.05, 0.1) is 25.2 Å². The lowest BCUT2D eigenvalue weighted by molar-refractivity contribution is 0.0497. The zero-order valence-electron chi connectivity index (χ0n) is 23.5. The van der Waals surface area contributed by atoms with E-state index < -0.39 is 17.5 Å². The molecule has 2 aromatic carbocycles. The fourth-order valence-electron chi connectivity index (χ4n) is 4.94. The van der Waals surface area contributed by atoms with Crippen LogP contribution in [0.3, 0.4) is 0 Å². The lowest BCUT2D eigenvalue weighted by Crippen LogP contribution is -2.46. The highest BCUT2D eigenvalue weighted by Gasteiger charge is 2.28. The van der Waals surface area contributed by atoms with Crippen molar-refractivity contribution in [3.05, 3.63) is 59.5 Å². The van der Waals surface area contributed by atoms with E-state index in [4.69, 9.17) is 14.5 Å². The van der Waals surface area contributed by atoms with E-state index in [0.717, 1.165) is 0 Å². The second-order valence-corrected chi connectivity index (χ2v) is 10.8. The fraction of sp³-hybridized carbons (Fsp3) is 0.355. The van der Waals surface area contributed by atoms with Gasteiger partial charge in [-0.05, 0) is 74.6 Å². The second kappa shape index (κ2) is 12.1. The molecule has 1 aromatic heterocycles. The summed E-state index contributed by atoms with van der Waals surface area (Å²) < 4.78 is 25.4. The third-order valence-electron chi connectivity index (χ3n) is 6.80. The van der Waals surface area contributed by atoms with Gasteiger partial charge in [-0.1, -0.05) is 12.1 Å². The number of benzene rings is 2. The van der Waals surface area contributed by atoms with Gasteiger partial charge in [0, 0.05) is 36.5 Å². The van der Waals surface area contributed by atoms with Crippen molar-refractivity contribution in [3.8, 4) is 45.9 Å². The number of halogens is 1. The summed E-state index contributed by atoms with van der Waals surface area (Å²) in [4.78, 5) is 19.1. The summed E-state index contributed by atoms with van der Waals surface area (Å²) in [5.41, 5.74) is 2.16. The van der Waals surface area contributed by atoms with Crippen LogP contribution in [0.4, 0.5) is 15.0 Å². The first-order chi connectivity index (χ1) is 19.5. The van der Waals surface area contributed by atoms with E-state index in [-0.39, 0.29) is 23.8 Å². The van der Waals surface area contributed by atoms with Crippen molar-refractivity contribution in [2.75, 3.05) is 25.1 Å². The summed E-state index contributed by atoms with van der Waals surface area (Å²) in [6.07, 6.45) is 2.46. The molecule has 4 rings (SSSR count). The van der Waals surface area contributed by atoms with Gasteiger partial charge in [-0.2, -0.15) is 10.5 Å². The minimum Gasteiger partial charge on any atom is -0.504 e. The predicted octanol–water partition coefficient (Wildman–Crippen LogP) is 5.70. The largest absolute Gasteiger partial charge is 0.504 e. The Kier molecular flexibility index (Phi) is 8.63. The average Bonchev–Trinajstić information content (AvgIpc) is 2.92. The van der Waals surface area contributed by atoms with Gasteiger partial charge in [-0.3, -0.25) is 0 Å². The highest BCUT2D eigenvalue weighted by atomic mass is 19.1. The maximum Gasteiger partial charge on any atom is 0.407 e. The van der Waals surface area contributed by atoms with Crippen molar-refractivity contribution >= 4 is 11.9 Å². The number of pyridine rings is 1. The van der Waals surface area contributed by atoms with Crippen molar-refractivity contribution in [2.24, 2.45) is 0 Å². The number of methoxy groups -OCH3 is 1. The van der Waals surface area contributed by atoms with Gasteiger partial charge in [0.2, 0.25) is 0 Å². The third-order valence-corrected chi connectivity index (χ3v) is 6.80. The van der Waals surface area contributed by atoms with Gasteiger partial charge in [0.1, 0.15) is 23.3 Å². The van der Waals surface area contributed by atoms with Crippen molar-refractivity contribution in [3.63, 3.8) is 0 Å². The molecule has 41 heavy (non-hydrogen) atoms. The van der Waals surface area contributed by atoms with Crippen LogP contribution in [0.5, 0.6) is 11.5 Å². The van der Waals surface area contributed by atoms with Crippen molar-refractivity contribution in [2.45, 2.75) is 51.7 Å². The van der Waals surface area contributed by atoms with Gasteiger partial charge in [0.25, 0.3) is 0 Å². The summed E-state index contributed by atoms with van der Waals surface area (Å²) in [5.74, 6) is 0.129. The third kappa shape index (κ3) is 6.67. The quantitative estimate of drug-likeness (QED) is 0.395. The molecule has 2 N–H and O–H groups in total. The summed E-state index contributed by atoms with van der Waals surface area (Å²) in [5, 5.41) is 32.5. The molecule has 1 fully saturated rings. The molecule has 0 saturated carbocycles. The van der Waals surface area contributed by atoms with Gasteiger partial charge in [0.15, 0.2) is 11.5 Å². The number of anilines is 1. The normalized spacial score (nSPS) is 13.7. The number of ether oxygens (including phenoxy) is 2. The molecule has 0 bridgehead atoms. The topological polar surface area (TPSA) is 131 Å². The number of phenols is 1. The van der Waals surface area contributed by atoms with Crippen molar-refractivity contribution in [1.82, 2.24) is 10.3 Å². The number of aromatic nitrogens is 1. The monoisotopic (exact) mass is 557 g/mol. The van der Waals surface area contributed by atoms with E-state index in [1.807, 2.05) is 26.8 Å². The van der Waals surface area contributed by atoms with E-state index in [1.54, 1.807) is 24.4 Å². The number of nitrogens with one attached hydrogen (secondary N) is 1. The summed E-state index contributed by atoms with van der Waals surface area (Å²) in [6, 6.07) is 13.2. The molecule has 0 spiro atoms. The summed E-state index contributed by atoms with van der Waals surface area (Å²) >= 11 is 0. The van der Waals surface area contributed by atoms with Gasteiger partial charge in [-0.15, -0.1) is 0 Å². The highest BCUT2D eigenvalue weighted by Crippen LogP contribution is 2.41. The number of rotatable bonds is 6. The number of hydrogen-bond acceptors (Lipinski definition) is 8. The summed E-state index contributed by atoms with van der Waals surface area (Å²) in [7, 11) is 1.45. The standard InChI is InChI=1S/C31H32FN5O4/c1-31(2,3)41-30(39)36-22-10-13-37(14-11-22)29-23(9-12-33)28(20-5-6-21(17-34)25(32)15-20)24(18-35-29)19-7-8-27(40-4)26(38)16-19/h5-8,15-16,18,22,38H,9-11,13-14H2,1-4H3,(H,36,39). The maximum absolute atomic E-state index is 14.8. The number of nitriles is 2. The van der Waals surface area contributed by atoms with Gasteiger partial charge in [-0.25, -0.2) is 14.2 Å². The predicted molar refractivity (Wildman–Crippen MR) is 152 cm³/mol. The maximum atomic E-state index is 14.8. The number of hydrogen-bond donors (Lipinski definition) is 2. The molecule has 0 aliphatic carbocycles. The minimum absolute atomic E-state index is 0.00858. The van der Waals surface area contributed by atoms with Crippen LogP contribution in [-0.4, -0.2) is 48.0 Å². The molecule has 212 valence electrons. The van der Waals surface area contributed by atoms with Crippen molar-refractivity contribution < 1.29 is 23.8 Å². The van der Waals surface area contributed by atoms with Crippen LogP contribution in [0.2, 0.25) is 0 Å². The lowest BCUT2D eigenvalue weighted by Gasteiger charge is -2.35. The number of piperidine rings is 1. The van der Waals surface area contributed by atoms with Crippen LogP contribution in [0, 0.1) is 28.5 Å². The molecule has 0 unspecified atom stereocenters. The van der Waals surface area contributed by atoms with Crippen LogP contribution in [0.25, 0.3) is 22.3 Å². The van der Waals surface area contributed by atoms with Crippen LogP contribution in [0.15, 0.2) is 42.6 Å². The number of phenolic OH excluding ortho intramolecular Hbond substituents is 1. The van der Waals surface area contributed by atoms with E-state index >= 15 is 0 Å². The van der Waals surface area contributed by atoms with E-state index in [9.17, 15) is 24.8 Å². The molecule has 2 heterocycles. The Morgan fingerprint density at radius 2 is 1.88 bits per heavy atom. The minimum atomic E-state index is -0.677. The molecule has 1 saturated heterocycles. The van der Waals surface area contributed by atoms with E-state index in [1.165, 1.54) is 25.3 Å². The zero-order valence-corrected chi connectivity index (χ0v) is 23.5. The van der Waals surface area contributed by atoms with Crippen LogP contribution >= 0.6 is 0 Å². The SMILES string of the molecule is COc1ccc(-c2cnc(N3CCC(NC(=O)OC(C)(C)C)CC3)c(CC#N)c2-c2ccc(C#N)c(F)c2)cc1O. The number of aromatic hydroxyl groups is 1. The van der Waals surface area contributed by atoms with Crippen LogP contribution in [-0.2, 0) is 11.2 Å². The number of carbonyl (C=O) groups is 1. The number of nitrogens with zero attached hydrogens (tertiary/aromatic N) is 4. The zero-order chi connectivity index (χ0) is 29.7. The molecule has 1 aliphatic heterocycles. The number of amides is 1. The smallest absolute Gasteiger partial charge is 0.407 e. The van der Waals surface area contributed by atoms with Crippen LogP contribution < -0.4 is 15.0 Å². The number of alkyl carbamates (subject to hydrolysis) is 1. The Bertz CT molecular complexity index is 1530. The summed E-state index contributed by atoms with van der Waals surface area (Å²) in [6.45, 7) is 6.56. The molecule has 0 radical (unpaired) electrons. The molecule has 9 nitrogen and oxygen atoms in total. The fourth-order valence-corrected chi connectivity index (χ4v) is 4.94. The van der Waals surface area contributed by atoms with E-state index in [0.29, 0.717) is 65.3 Å². The Hall–Kier alpha value is -4.83. The van der Waals surface area contributed by atoms with Crippen LogP contribution in [0.1, 0.15) is 44.7 Å². The molecular formula is C31H32FN5O4. The lowest BCUT2D eigenvalue weighted by atomic mass is 9.89. The average molecular weight is 558 g/mol. The Labute approximate surface area is 238 Å². The molecule has 1 amide bonds. The Balaban J connectivity index is 1.75. The first kappa shape index (κ1) is 29.2. The first-order valence-electron chi connectivity index (χ1n) is 13.2. The van der Waals surface area contributed by atoms with Gasteiger partial charge >= 0.3 is 6.09 Å². The molecule has 10 heteroatoms. The van der Waals surface area contributed by atoms with Gasteiger partial charge < -0.3 is 24.8 Å². The number of carbonyl (C=O) groups excluding carboxylic acids is 1. The first-order valence-corrected chi connectivity index (χ1v) is 13.2. The highest BCUT2D eigenvalue weighted by molar-refractivity contribution is 5.89. The van der Waals surface area contributed by atoms with Crippen molar-refractivity contribution in [1.29, 1.82) is 10.5 Å². The Morgan fingerprint density at radius 1 is 1.17 bits per heavy atom. The van der Waals surface area contributed by atoms with E-state index in [2.05, 4.69) is 16.3 Å². The molecule has 1 aliphatic rings. The molecule has 0 atom stereocenters.